The summed E-state index contributed by atoms with van der Waals surface area (Å²) in [5.74, 6) is -4.64. The molecular formula is C35H41N5O6. The molecule has 242 valence electrons. The highest BCUT2D eigenvalue weighted by molar-refractivity contribution is 6.38. The summed E-state index contributed by atoms with van der Waals surface area (Å²) in [6.45, 7) is 6.07. The molecule has 0 radical (unpaired) electrons. The minimum atomic E-state index is -1.42. The van der Waals surface area contributed by atoms with E-state index < -0.39 is 53.1 Å². The zero-order chi connectivity index (χ0) is 33.9. The van der Waals surface area contributed by atoms with Crippen molar-refractivity contribution in [2.24, 2.45) is 5.73 Å². The Morgan fingerprint density at radius 1 is 0.696 bits per heavy atom. The third kappa shape index (κ3) is 10.4. The number of carbonyl (C=O) groups is 6. The highest BCUT2D eigenvalue weighted by atomic mass is 16.2. The number of hydrogen-bond acceptors (Lipinski definition) is 6. The maximum atomic E-state index is 13.4. The van der Waals surface area contributed by atoms with Crippen molar-refractivity contribution in [2.45, 2.75) is 70.6 Å². The van der Waals surface area contributed by atoms with Gasteiger partial charge in [-0.1, -0.05) is 84.9 Å². The zero-order valence-corrected chi connectivity index (χ0v) is 26.5. The third-order valence-electron chi connectivity index (χ3n) is 7.48. The van der Waals surface area contributed by atoms with Crippen molar-refractivity contribution < 1.29 is 28.8 Å². The van der Waals surface area contributed by atoms with Crippen LogP contribution >= 0.6 is 0 Å². The van der Waals surface area contributed by atoms with Gasteiger partial charge in [0.15, 0.2) is 0 Å². The number of ketones is 1. The summed E-state index contributed by atoms with van der Waals surface area (Å²) in [6.07, 6.45) is 0.223. The average molecular weight is 628 g/mol. The van der Waals surface area contributed by atoms with Gasteiger partial charge < -0.3 is 27.0 Å². The van der Waals surface area contributed by atoms with Gasteiger partial charge in [0.05, 0.1) is 12.5 Å². The molecular weight excluding hydrogens is 586 g/mol. The van der Waals surface area contributed by atoms with Gasteiger partial charge in [-0.25, -0.2) is 0 Å². The Morgan fingerprint density at radius 3 is 1.72 bits per heavy atom. The monoisotopic (exact) mass is 627 g/mol. The Bertz CT molecular complexity index is 1560. The van der Waals surface area contributed by atoms with Gasteiger partial charge in [-0.05, 0) is 49.9 Å². The van der Waals surface area contributed by atoms with Gasteiger partial charge in [0.2, 0.25) is 29.4 Å². The molecule has 5 amide bonds. The molecule has 0 saturated heterocycles. The lowest BCUT2D eigenvalue weighted by molar-refractivity contribution is -0.141. The lowest BCUT2D eigenvalue weighted by Crippen LogP contribution is -2.60. The van der Waals surface area contributed by atoms with E-state index in [0.717, 1.165) is 16.7 Å². The summed E-state index contributed by atoms with van der Waals surface area (Å²) in [4.78, 5) is 77.6. The maximum absolute atomic E-state index is 13.4. The molecule has 0 aromatic heterocycles. The van der Waals surface area contributed by atoms with Crippen molar-refractivity contribution in [3.05, 3.63) is 107 Å². The van der Waals surface area contributed by atoms with Crippen LogP contribution in [0.4, 0.5) is 0 Å². The van der Waals surface area contributed by atoms with Crippen LogP contribution in [0.3, 0.4) is 0 Å². The number of nitrogens with one attached hydrogen (secondary N) is 4. The second-order valence-corrected chi connectivity index (χ2v) is 11.7. The van der Waals surface area contributed by atoms with Gasteiger partial charge in [0.1, 0.15) is 17.6 Å². The first-order valence-electron chi connectivity index (χ1n) is 15.0. The summed E-state index contributed by atoms with van der Waals surface area (Å²) in [6, 6.07) is 21.7. The Balaban J connectivity index is 1.72. The standard InChI is InChI=1S/C35H41N5O6/c1-22-13-11-12-18-26(22)21-29(41)38-27(19-24-14-7-5-8-15-24)31(43)37-23(2)30(42)33(45)39-28(20-25-16-9-6-10-17-25)32(44)40-35(3,4)34(36)46/h5-18,23,27-28H,19-21H2,1-4H3,(H2,36,46)(H,37,43)(H,38,41)(H,39,45)(H,40,44). The van der Waals surface area contributed by atoms with Crippen LogP contribution in [0, 0.1) is 6.92 Å². The largest absolute Gasteiger partial charge is 0.368 e. The molecule has 0 aliphatic rings. The lowest BCUT2D eigenvalue weighted by atomic mass is 10.0. The lowest BCUT2D eigenvalue weighted by Gasteiger charge is -2.26. The van der Waals surface area contributed by atoms with Crippen LogP contribution < -0.4 is 27.0 Å². The molecule has 3 rings (SSSR count). The molecule has 0 saturated carbocycles. The second kappa shape index (κ2) is 16.1. The molecule has 0 fully saturated rings. The molecule has 0 aliphatic heterocycles. The van der Waals surface area contributed by atoms with E-state index in [9.17, 15) is 28.8 Å². The van der Waals surface area contributed by atoms with Gasteiger partial charge in [-0.2, -0.15) is 0 Å². The summed E-state index contributed by atoms with van der Waals surface area (Å²) in [7, 11) is 0. The molecule has 6 N–H and O–H groups in total. The minimum Gasteiger partial charge on any atom is -0.368 e. The number of amides is 5. The summed E-state index contributed by atoms with van der Waals surface area (Å²) < 4.78 is 0. The van der Waals surface area contributed by atoms with Crippen molar-refractivity contribution in [3.8, 4) is 0 Å². The second-order valence-electron chi connectivity index (χ2n) is 11.7. The van der Waals surface area contributed by atoms with Crippen molar-refractivity contribution in [1.82, 2.24) is 21.3 Å². The van der Waals surface area contributed by atoms with Crippen LogP contribution in [0.5, 0.6) is 0 Å². The molecule has 11 nitrogen and oxygen atoms in total. The van der Waals surface area contributed by atoms with Crippen LogP contribution in [0.2, 0.25) is 0 Å². The smallest absolute Gasteiger partial charge is 0.290 e. The number of primary amides is 1. The maximum Gasteiger partial charge on any atom is 0.290 e. The van der Waals surface area contributed by atoms with Crippen molar-refractivity contribution in [3.63, 3.8) is 0 Å². The fourth-order valence-electron chi connectivity index (χ4n) is 4.61. The van der Waals surface area contributed by atoms with E-state index in [4.69, 9.17) is 5.73 Å². The van der Waals surface area contributed by atoms with Gasteiger partial charge >= 0.3 is 0 Å². The number of carbonyl (C=O) groups excluding carboxylic acids is 6. The minimum absolute atomic E-state index is 0.0212. The Labute approximate surface area is 268 Å². The molecule has 11 heteroatoms. The van der Waals surface area contributed by atoms with Gasteiger partial charge in [-0.15, -0.1) is 0 Å². The Morgan fingerprint density at radius 2 is 1.20 bits per heavy atom. The number of benzene rings is 3. The van der Waals surface area contributed by atoms with Crippen LogP contribution in [0.25, 0.3) is 0 Å². The summed E-state index contributed by atoms with van der Waals surface area (Å²) in [5.41, 5.74) is 7.20. The normalized spacial score (nSPS) is 13.0. The van der Waals surface area contributed by atoms with E-state index in [-0.39, 0.29) is 25.2 Å². The number of aryl methyl sites for hydroxylation is 1. The van der Waals surface area contributed by atoms with E-state index >= 15 is 0 Å². The Hall–Kier alpha value is -5.32. The predicted molar refractivity (Wildman–Crippen MR) is 173 cm³/mol. The first kappa shape index (κ1) is 35.2. The molecule has 3 unspecified atom stereocenters. The van der Waals surface area contributed by atoms with Crippen LogP contribution in [-0.4, -0.2) is 59.0 Å². The number of rotatable bonds is 15. The van der Waals surface area contributed by atoms with Crippen LogP contribution in [0.15, 0.2) is 84.9 Å². The van der Waals surface area contributed by atoms with Gasteiger partial charge in [0.25, 0.3) is 5.91 Å². The quantitative estimate of drug-likeness (QED) is 0.159. The van der Waals surface area contributed by atoms with E-state index in [1.54, 1.807) is 30.3 Å². The molecule has 3 aromatic carbocycles. The number of hydrogen-bond donors (Lipinski definition) is 5. The third-order valence-corrected chi connectivity index (χ3v) is 7.48. The van der Waals surface area contributed by atoms with E-state index in [2.05, 4.69) is 21.3 Å². The Kier molecular flexibility index (Phi) is 12.3. The zero-order valence-electron chi connectivity index (χ0n) is 26.5. The van der Waals surface area contributed by atoms with E-state index in [1.807, 2.05) is 61.5 Å². The van der Waals surface area contributed by atoms with Crippen molar-refractivity contribution in [1.29, 1.82) is 0 Å². The molecule has 0 aliphatic carbocycles. The van der Waals surface area contributed by atoms with Crippen LogP contribution in [0.1, 0.15) is 43.0 Å². The first-order valence-corrected chi connectivity index (χ1v) is 15.0. The highest BCUT2D eigenvalue weighted by Gasteiger charge is 2.34. The van der Waals surface area contributed by atoms with Crippen molar-refractivity contribution >= 4 is 35.3 Å². The SMILES string of the molecule is Cc1ccccc1CC(=O)NC(Cc1ccccc1)C(=O)NC(C)C(=O)C(=O)NC(Cc1ccccc1)C(=O)NC(C)(C)C(N)=O. The number of nitrogens with two attached hydrogens (primary N) is 1. The van der Waals surface area contributed by atoms with Crippen LogP contribution in [-0.2, 0) is 48.0 Å². The van der Waals surface area contributed by atoms with E-state index in [0.29, 0.717) is 5.56 Å². The summed E-state index contributed by atoms with van der Waals surface area (Å²) in [5, 5.41) is 10.3. The molecule has 3 atom stereocenters. The number of Topliss-reactive ketones (excluding diaryl/α,β-unsaturated/α-hetero) is 1. The molecule has 0 heterocycles. The van der Waals surface area contributed by atoms with Gasteiger partial charge in [-0.3, -0.25) is 28.8 Å². The molecule has 0 spiro atoms. The molecule has 3 aromatic rings. The van der Waals surface area contributed by atoms with Crippen molar-refractivity contribution in [2.75, 3.05) is 0 Å². The molecule has 46 heavy (non-hydrogen) atoms. The fourth-order valence-corrected chi connectivity index (χ4v) is 4.61. The summed E-state index contributed by atoms with van der Waals surface area (Å²) >= 11 is 0. The predicted octanol–water partition coefficient (Wildman–Crippen LogP) is 1.45. The van der Waals surface area contributed by atoms with E-state index in [1.165, 1.54) is 20.8 Å². The topological polar surface area (TPSA) is 177 Å². The average Bonchev–Trinajstić information content (AvgIpc) is 3.01. The molecule has 0 bridgehead atoms. The first-order chi connectivity index (χ1) is 21.8. The van der Waals surface area contributed by atoms with Gasteiger partial charge in [0, 0.05) is 12.8 Å². The highest BCUT2D eigenvalue weighted by Crippen LogP contribution is 2.10. The fraction of sp³-hybridized carbons (Fsp3) is 0.314.